The lowest BCUT2D eigenvalue weighted by atomic mass is 10.1. The molecule has 1 atom stereocenters. The first-order valence-corrected chi connectivity index (χ1v) is 8.96. The first kappa shape index (κ1) is 19.5. The number of amides is 1. The second-order valence-electron chi connectivity index (χ2n) is 6.18. The van der Waals surface area contributed by atoms with Gasteiger partial charge in [-0.05, 0) is 57.0 Å². The Morgan fingerprint density at radius 1 is 1.17 bits per heavy atom. The highest BCUT2D eigenvalue weighted by molar-refractivity contribution is 5.95. The fourth-order valence-electron chi connectivity index (χ4n) is 2.63. The number of nitrogens with zero attached hydrogens (tertiary/aromatic N) is 1. The van der Waals surface area contributed by atoms with Crippen LogP contribution >= 0.6 is 0 Å². The van der Waals surface area contributed by atoms with Gasteiger partial charge in [-0.2, -0.15) is 0 Å². The SMILES string of the molecule is CCCCN(CCCC)C(C)C(=O)Nc1ccc(CC)c(N)c1. The number of carbonyl (C=O) groups excluding carboxylic acids is 1. The summed E-state index contributed by atoms with van der Waals surface area (Å²) in [6.45, 7) is 10.4. The van der Waals surface area contributed by atoms with Gasteiger partial charge in [-0.1, -0.05) is 39.7 Å². The highest BCUT2D eigenvalue weighted by Crippen LogP contribution is 2.19. The van der Waals surface area contributed by atoms with Gasteiger partial charge in [0.25, 0.3) is 0 Å². The van der Waals surface area contributed by atoms with Crippen LogP contribution < -0.4 is 11.1 Å². The second-order valence-corrected chi connectivity index (χ2v) is 6.18. The fraction of sp³-hybridized carbons (Fsp3) is 0.632. The maximum Gasteiger partial charge on any atom is 0.241 e. The van der Waals surface area contributed by atoms with Crippen molar-refractivity contribution in [1.82, 2.24) is 4.90 Å². The highest BCUT2D eigenvalue weighted by atomic mass is 16.2. The van der Waals surface area contributed by atoms with Crippen molar-refractivity contribution < 1.29 is 4.79 Å². The Bertz CT molecular complexity index is 480. The second kappa shape index (κ2) is 10.3. The Kier molecular flexibility index (Phi) is 8.70. The van der Waals surface area contributed by atoms with Gasteiger partial charge in [0.15, 0.2) is 0 Å². The molecule has 1 aromatic carbocycles. The van der Waals surface area contributed by atoms with Crippen LogP contribution in [0.5, 0.6) is 0 Å². The highest BCUT2D eigenvalue weighted by Gasteiger charge is 2.20. The molecule has 0 radical (unpaired) electrons. The summed E-state index contributed by atoms with van der Waals surface area (Å²) in [4.78, 5) is 14.8. The predicted molar refractivity (Wildman–Crippen MR) is 99.7 cm³/mol. The van der Waals surface area contributed by atoms with Crippen molar-refractivity contribution in [3.05, 3.63) is 23.8 Å². The van der Waals surface area contributed by atoms with Crippen LogP contribution in [0.2, 0.25) is 0 Å². The molecule has 1 amide bonds. The van der Waals surface area contributed by atoms with Crippen molar-refractivity contribution in [2.75, 3.05) is 24.1 Å². The molecule has 0 saturated heterocycles. The molecule has 0 aliphatic carbocycles. The number of hydrogen-bond donors (Lipinski definition) is 2. The van der Waals surface area contributed by atoms with Gasteiger partial charge in [0.1, 0.15) is 0 Å². The molecule has 0 fully saturated rings. The van der Waals surface area contributed by atoms with E-state index in [1.165, 1.54) is 0 Å². The summed E-state index contributed by atoms with van der Waals surface area (Å²) in [6.07, 6.45) is 5.44. The van der Waals surface area contributed by atoms with Gasteiger partial charge in [-0.25, -0.2) is 0 Å². The average molecular weight is 319 g/mol. The molecule has 4 nitrogen and oxygen atoms in total. The fourth-order valence-corrected chi connectivity index (χ4v) is 2.63. The summed E-state index contributed by atoms with van der Waals surface area (Å²) in [5.74, 6) is 0.0425. The van der Waals surface area contributed by atoms with E-state index in [0.717, 1.165) is 62.1 Å². The van der Waals surface area contributed by atoms with Crippen molar-refractivity contribution in [2.45, 2.75) is 65.8 Å². The minimum atomic E-state index is -0.125. The standard InChI is InChI=1S/C19H33N3O/c1-5-8-12-22(13-9-6-2)15(4)19(23)21-17-11-10-16(7-3)18(20)14-17/h10-11,14-15H,5-9,12-13,20H2,1-4H3,(H,21,23). The van der Waals surface area contributed by atoms with Crippen LogP contribution in [0.4, 0.5) is 11.4 Å². The lowest BCUT2D eigenvalue weighted by Gasteiger charge is -2.28. The van der Waals surface area contributed by atoms with E-state index in [0.29, 0.717) is 0 Å². The minimum Gasteiger partial charge on any atom is -0.398 e. The molecule has 1 unspecified atom stereocenters. The molecule has 130 valence electrons. The van der Waals surface area contributed by atoms with E-state index < -0.39 is 0 Å². The summed E-state index contributed by atoms with van der Waals surface area (Å²) >= 11 is 0. The number of nitrogens with one attached hydrogen (secondary N) is 1. The number of anilines is 2. The predicted octanol–water partition coefficient (Wildman–Crippen LogP) is 4.06. The van der Waals surface area contributed by atoms with E-state index in [4.69, 9.17) is 5.73 Å². The number of carbonyl (C=O) groups is 1. The first-order valence-electron chi connectivity index (χ1n) is 8.96. The molecule has 0 bridgehead atoms. The van der Waals surface area contributed by atoms with Crippen LogP contribution in [0.15, 0.2) is 18.2 Å². The Labute approximate surface area is 141 Å². The Balaban J connectivity index is 2.70. The van der Waals surface area contributed by atoms with E-state index >= 15 is 0 Å². The Morgan fingerprint density at radius 2 is 1.78 bits per heavy atom. The normalized spacial score (nSPS) is 12.4. The number of nitrogens with two attached hydrogens (primary N) is 1. The molecule has 4 heteroatoms. The van der Waals surface area contributed by atoms with Crippen molar-refractivity contribution in [2.24, 2.45) is 0 Å². The molecule has 0 heterocycles. The van der Waals surface area contributed by atoms with Crippen molar-refractivity contribution >= 4 is 17.3 Å². The largest absolute Gasteiger partial charge is 0.398 e. The third-order valence-electron chi connectivity index (χ3n) is 4.32. The van der Waals surface area contributed by atoms with Gasteiger partial charge < -0.3 is 11.1 Å². The van der Waals surface area contributed by atoms with E-state index in [1.807, 2.05) is 25.1 Å². The van der Waals surface area contributed by atoms with Gasteiger partial charge >= 0.3 is 0 Å². The number of hydrogen-bond acceptors (Lipinski definition) is 3. The number of benzene rings is 1. The van der Waals surface area contributed by atoms with Crippen LogP contribution in [0.25, 0.3) is 0 Å². The minimum absolute atomic E-state index is 0.0425. The summed E-state index contributed by atoms with van der Waals surface area (Å²) in [5, 5.41) is 3.01. The summed E-state index contributed by atoms with van der Waals surface area (Å²) in [5.41, 5.74) is 8.65. The number of nitrogen functional groups attached to an aromatic ring is 1. The zero-order valence-corrected chi connectivity index (χ0v) is 15.2. The van der Waals surface area contributed by atoms with E-state index in [-0.39, 0.29) is 11.9 Å². The van der Waals surface area contributed by atoms with Crippen molar-refractivity contribution in [1.29, 1.82) is 0 Å². The maximum absolute atomic E-state index is 12.6. The lowest BCUT2D eigenvalue weighted by Crippen LogP contribution is -2.43. The third-order valence-corrected chi connectivity index (χ3v) is 4.32. The van der Waals surface area contributed by atoms with Gasteiger partial charge in [-0.15, -0.1) is 0 Å². The molecule has 0 saturated carbocycles. The lowest BCUT2D eigenvalue weighted by molar-refractivity contribution is -0.120. The van der Waals surface area contributed by atoms with Gasteiger partial charge in [0.05, 0.1) is 6.04 Å². The quantitative estimate of drug-likeness (QED) is 0.639. The summed E-state index contributed by atoms with van der Waals surface area (Å²) in [7, 11) is 0. The average Bonchev–Trinajstić information content (AvgIpc) is 2.54. The summed E-state index contributed by atoms with van der Waals surface area (Å²) in [6, 6.07) is 5.65. The molecule has 23 heavy (non-hydrogen) atoms. The van der Waals surface area contributed by atoms with Gasteiger partial charge in [-0.3, -0.25) is 9.69 Å². The van der Waals surface area contributed by atoms with E-state index in [9.17, 15) is 4.79 Å². The number of aryl methyl sites for hydroxylation is 1. The van der Waals surface area contributed by atoms with Crippen molar-refractivity contribution in [3.8, 4) is 0 Å². The molecule has 1 aromatic rings. The number of rotatable bonds is 10. The molecule has 0 aliphatic heterocycles. The molecule has 3 N–H and O–H groups in total. The smallest absolute Gasteiger partial charge is 0.241 e. The van der Waals surface area contributed by atoms with Gasteiger partial charge in [0, 0.05) is 11.4 Å². The van der Waals surface area contributed by atoms with Crippen LogP contribution in [0, 0.1) is 0 Å². The zero-order valence-electron chi connectivity index (χ0n) is 15.2. The Hall–Kier alpha value is -1.55. The zero-order chi connectivity index (χ0) is 17.2. The van der Waals surface area contributed by atoms with Crippen LogP contribution in [-0.2, 0) is 11.2 Å². The number of unbranched alkanes of at least 4 members (excludes halogenated alkanes) is 2. The molecule has 0 spiro atoms. The maximum atomic E-state index is 12.6. The monoisotopic (exact) mass is 319 g/mol. The van der Waals surface area contributed by atoms with E-state index in [1.54, 1.807) is 0 Å². The van der Waals surface area contributed by atoms with Crippen LogP contribution in [0.3, 0.4) is 0 Å². The molecule has 0 aromatic heterocycles. The first-order chi connectivity index (χ1) is 11.0. The molecule has 0 aliphatic rings. The summed E-state index contributed by atoms with van der Waals surface area (Å²) < 4.78 is 0. The van der Waals surface area contributed by atoms with Crippen molar-refractivity contribution in [3.63, 3.8) is 0 Å². The van der Waals surface area contributed by atoms with E-state index in [2.05, 4.69) is 31.0 Å². The molecule has 1 rings (SSSR count). The van der Waals surface area contributed by atoms with Gasteiger partial charge in [0.2, 0.25) is 5.91 Å². The molecular weight excluding hydrogens is 286 g/mol. The Morgan fingerprint density at radius 3 is 2.26 bits per heavy atom. The van der Waals surface area contributed by atoms with Crippen LogP contribution in [0.1, 0.15) is 58.9 Å². The topological polar surface area (TPSA) is 58.4 Å². The van der Waals surface area contributed by atoms with Crippen LogP contribution in [-0.4, -0.2) is 29.9 Å². The third kappa shape index (κ3) is 6.22. The molecular formula is C19H33N3O.